The van der Waals surface area contributed by atoms with Crippen LogP contribution in [0.2, 0.25) is 0 Å². The molecule has 2 aromatic rings. The number of fused-ring (bicyclic) bond motifs is 3. The topological polar surface area (TPSA) is 105 Å². The fraction of sp³-hybridized carbons (Fsp3) is 0.381. The minimum absolute atomic E-state index is 0.0567. The maximum atomic E-state index is 12.8. The monoisotopic (exact) mass is 386 g/mol. The summed E-state index contributed by atoms with van der Waals surface area (Å²) in [7, 11) is 1.47. The molecule has 3 N–H and O–H groups in total. The molecule has 2 atom stereocenters. The average Bonchev–Trinajstić information content (AvgIpc) is 2.63. The third-order valence-corrected chi connectivity index (χ3v) is 5.28. The maximum Gasteiger partial charge on any atom is 0.202 e. The van der Waals surface area contributed by atoms with Crippen LogP contribution in [-0.4, -0.2) is 39.9 Å². The van der Waals surface area contributed by atoms with E-state index in [0.29, 0.717) is 29.9 Å². The molecule has 0 amide bonds. The van der Waals surface area contributed by atoms with Crippen molar-refractivity contribution in [1.82, 2.24) is 0 Å². The van der Waals surface area contributed by atoms with Crippen LogP contribution in [0.4, 0.5) is 0 Å². The van der Waals surface area contributed by atoms with Gasteiger partial charge in [-0.1, -0.05) is 0 Å². The number of methoxy groups -OCH3 is 1. The Kier molecular flexibility index (Phi) is 4.15. The molecule has 0 bridgehead atoms. The predicted molar refractivity (Wildman–Crippen MR) is 99.5 cm³/mol. The van der Waals surface area contributed by atoms with Crippen LogP contribution in [0.15, 0.2) is 24.3 Å². The number of carbonyl (C=O) groups excluding carboxylic acids is 1. The van der Waals surface area contributed by atoms with E-state index in [-0.39, 0.29) is 28.4 Å². The Labute approximate surface area is 162 Å². The zero-order valence-corrected chi connectivity index (χ0v) is 15.9. The quantitative estimate of drug-likeness (QED) is 0.729. The molecule has 7 nitrogen and oxygen atoms in total. The van der Waals surface area contributed by atoms with Gasteiger partial charge in [-0.05, 0) is 38.8 Å². The summed E-state index contributed by atoms with van der Waals surface area (Å²) in [5, 5.41) is 31.3. The molecule has 0 saturated carbocycles. The second kappa shape index (κ2) is 6.31. The first-order chi connectivity index (χ1) is 13.2. The van der Waals surface area contributed by atoms with Gasteiger partial charge in [0.2, 0.25) is 5.78 Å². The summed E-state index contributed by atoms with van der Waals surface area (Å²) in [6.45, 7) is 3.89. The number of aliphatic hydroxyl groups is 1. The van der Waals surface area contributed by atoms with Gasteiger partial charge in [-0.15, -0.1) is 0 Å². The van der Waals surface area contributed by atoms with Gasteiger partial charge in [0.25, 0.3) is 0 Å². The molecule has 0 saturated heterocycles. The van der Waals surface area contributed by atoms with Gasteiger partial charge in [-0.25, -0.2) is 0 Å². The second-order valence-corrected chi connectivity index (χ2v) is 7.71. The SMILES string of the molecule is COc1ccc(C2Oc3c4c(cc(O)c3C(=O)C2O)OC(C)(C)CC4)c(O)c1. The number of phenols is 2. The Bertz CT molecular complexity index is 964. The van der Waals surface area contributed by atoms with E-state index in [2.05, 4.69) is 0 Å². The molecular weight excluding hydrogens is 364 g/mol. The number of Topliss-reactive ketones (excluding diaryl/α,β-unsaturated/α-hetero) is 1. The lowest BCUT2D eigenvalue weighted by molar-refractivity contribution is 0.0183. The molecule has 0 aliphatic carbocycles. The van der Waals surface area contributed by atoms with Crippen molar-refractivity contribution in [2.45, 2.75) is 44.5 Å². The van der Waals surface area contributed by atoms with E-state index in [0.717, 1.165) is 0 Å². The summed E-state index contributed by atoms with van der Waals surface area (Å²) >= 11 is 0. The molecule has 2 unspecified atom stereocenters. The third kappa shape index (κ3) is 2.82. The molecule has 7 heteroatoms. The molecular formula is C21H22O7. The highest BCUT2D eigenvalue weighted by Crippen LogP contribution is 2.49. The lowest BCUT2D eigenvalue weighted by atomic mass is 9.87. The normalized spacial score (nSPS) is 22.5. The number of ketones is 1. The predicted octanol–water partition coefficient (Wildman–Crippen LogP) is 2.89. The number of rotatable bonds is 2. The van der Waals surface area contributed by atoms with Gasteiger partial charge >= 0.3 is 0 Å². The van der Waals surface area contributed by atoms with Crippen LogP contribution in [-0.2, 0) is 6.42 Å². The van der Waals surface area contributed by atoms with Crippen LogP contribution in [0.3, 0.4) is 0 Å². The van der Waals surface area contributed by atoms with E-state index < -0.39 is 23.6 Å². The van der Waals surface area contributed by atoms with Crippen LogP contribution in [0.5, 0.6) is 28.7 Å². The van der Waals surface area contributed by atoms with Crippen molar-refractivity contribution in [3.05, 3.63) is 41.0 Å². The summed E-state index contributed by atoms with van der Waals surface area (Å²) in [4.78, 5) is 12.8. The van der Waals surface area contributed by atoms with Gasteiger partial charge in [0, 0.05) is 23.3 Å². The summed E-state index contributed by atoms with van der Waals surface area (Å²) in [5.41, 5.74) is 0.463. The van der Waals surface area contributed by atoms with Crippen molar-refractivity contribution >= 4 is 5.78 Å². The molecule has 4 rings (SSSR count). The zero-order valence-electron chi connectivity index (χ0n) is 15.9. The highest BCUT2D eigenvalue weighted by atomic mass is 16.5. The van der Waals surface area contributed by atoms with Crippen molar-refractivity contribution in [3.8, 4) is 28.7 Å². The second-order valence-electron chi connectivity index (χ2n) is 7.71. The number of aliphatic hydroxyl groups excluding tert-OH is 1. The molecule has 2 aliphatic rings. The minimum atomic E-state index is -1.57. The first-order valence-corrected chi connectivity index (χ1v) is 9.05. The molecule has 2 aliphatic heterocycles. The van der Waals surface area contributed by atoms with Gasteiger partial charge < -0.3 is 29.5 Å². The number of hydrogen-bond acceptors (Lipinski definition) is 7. The fourth-order valence-corrected chi connectivity index (χ4v) is 3.73. The molecule has 28 heavy (non-hydrogen) atoms. The van der Waals surface area contributed by atoms with Crippen molar-refractivity contribution in [1.29, 1.82) is 0 Å². The van der Waals surface area contributed by atoms with Crippen molar-refractivity contribution in [2.75, 3.05) is 7.11 Å². The Morgan fingerprint density at radius 3 is 2.61 bits per heavy atom. The van der Waals surface area contributed by atoms with E-state index in [1.807, 2.05) is 13.8 Å². The van der Waals surface area contributed by atoms with Crippen LogP contribution < -0.4 is 14.2 Å². The summed E-state index contributed by atoms with van der Waals surface area (Å²) in [5.74, 6) is -0.0371. The molecule has 2 aromatic carbocycles. The van der Waals surface area contributed by atoms with Crippen LogP contribution in [0, 0.1) is 0 Å². The lowest BCUT2D eigenvalue weighted by Gasteiger charge is -2.37. The maximum absolute atomic E-state index is 12.8. The molecule has 0 radical (unpaired) electrons. The first-order valence-electron chi connectivity index (χ1n) is 9.05. The highest BCUT2D eigenvalue weighted by Gasteiger charge is 2.43. The van der Waals surface area contributed by atoms with Crippen molar-refractivity contribution in [3.63, 3.8) is 0 Å². The van der Waals surface area contributed by atoms with Gasteiger partial charge in [-0.2, -0.15) is 0 Å². The van der Waals surface area contributed by atoms with Gasteiger partial charge in [0.05, 0.1) is 7.11 Å². The summed E-state index contributed by atoms with van der Waals surface area (Å²) < 4.78 is 17.0. The molecule has 2 heterocycles. The molecule has 0 fully saturated rings. The average molecular weight is 386 g/mol. The Balaban J connectivity index is 1.82. The van der Waals surface area contributed by atoms with E-state index in [4.69, 9.17) is 14.2 Å². The summed E-state index contributed by atoms with van der Waals surface area (Å²) in [6, 6.07) is 5.92. The van der Waals surface area contributed by atoms with Gasteiger partial charge in [0.15, 0.2) is 12.2 Å². The van der Waals surface area contributed by atoms with E-state index in [9.17, 15) is 20.1 Å². The van der Waals surface area contributed by atoms with E-state index >= 15 is 0 Å². The van der Waals surface area contributed by atoms with E-state index in [1.54, 1.807) is 6.07 Å². The third-order valence-electron chi connectivity index (χ3n) is 5.28. The Hall–Kier alpha value is -2.93. The lowest BCUT2D eigenvalue weighted by Crippen LogP contribution is -2.38. The molecule has 0 aromatic heterocycles. The van der Waals surface area contributed by atoms with E-state index in [1.165, 1.54) is 25.3 Å². The number of carbonyl (C=O) groups is 1. The van der Waals surface area contributed by atoms with Crippen molar-refractivity contribution < 1.29 is 34.3 Å². The highest BCUT2D eigenvalue weighted by molar-refractivity contribution is 6.06. The summed E-state index contributed by atoms with van der Waals surface area (Å²) in [6.07, 6.45) is -1.39. The smallest absolute Gasteiger partial charge is 0.202 e. The number of ether oxygens (including phenoxy) is 3. The Morgan fingerprint density at radius 1 is 1.18 bits per heavy atom. The largest absolute Gasteiger partial charge is 0.507 e. The number of phenolic OH excluding ortho intramolecular Hbond substituents is 2. The van der Waals surface area contributed by atoms with Crippen LogP contribution in [0.25, 0.3) is 0 Å². The molecule has 0 spiro atoms. The Morgan fingerprint density at radius 2 is 1.93 bits per heavy atom. The number of aromatic hydroxyl groups is 2. The van der Waals surface area contributed by atoms with Crippen molar-refractivity contribution in [2.24, 2.45) is 0 Å². The minimum Gasteiger partial charge on any atom is -0.507 e. The molecule has 148 valence electrons. The fourth-order valence-electron chi connectivity index (χ4n) is 3.73. The van der Waals surface area contributed by atoms with Gasteiger partial charge in [0.1, 0.15) is 39.9 Å². The number of benzene rings is 2. The standard InChI is InChI=1S/C21H22O7/c1-21(2)7-6-12-15(28-21)9-14(23)16-17(24)18(25)20(27-19(12)16)11-5-4-10(26-3)8-13(11)22/h4-5,8-9,18,20,22-23,25H,6-7H2,1-3H3. The van der Waals surface area contributed by atoms with Gasteiger partial charge in [-0.3, -0.25) is 4.79 Å². The first kappa shape index (κ1) is 18.4. The van der Waals surface area contributed by atoms with Crippen LogP contribution in [0.1, 0.15) is 47.9 Å². The number of hydrogen-bond donors (Lipinski definition) is 3. The zero-order chi connectivity index (χ0) is 20.2. The van der Waals surface area contributed by atoms with Crippen LogP contribution >= 0.6 is 0 Å².